The molecule has 0 aliphatic heterocycles. The Morgan fingerprint density at radius 2 is 1.91 bits per heavy atom. The number of carbonyl (C=O) groups is 1. The third-order valence-electron chi connectivity index (χ3n) is 5.24. The van der Waals surface area contributed by atoms with Crippen LogP contribution in [0.25, 0.3) is 10.9 Å². The molecule has 4 rings (SSSR count). The zero-order valence-electron chi connectivity index (χ0n) is 18.9. The van der Waals surface area contributed by atoms with E-state index in [1.54, 1.807) is 55.4 Å². The fraction of sp³-hybridized carbons (Fsp3) is 0.240. The second-order valence-electron chi connectivity index (χ2n) is 7.46. The van der Waals surface area contributed by atoms with E-state index in [1.165, 1.54) is 11.8 Å². The number of thioether (sulfide) groups is 1. The molecule has 34 heavy (non-hydrogen) atoms. The molecule has 0 spiro atoms. The Morgan fingerprint density at radius 1 is 1.09 bits per heavy atom. The molecule has 0 fully saturated rings. The van der Waals surface area contributed by atoms with Gasteiger partial charge in [-0.3, -0.25) is 14.2 Å². The van der Waals surface area contributed by atoms with E-state index in [4.69, 9.17) is 13.9 Å². The van der Waals surface area contributed by atoms with Gasteiger partial charge in [0.15, 0.2) is 16.7 Å². The summed E-state index contributed by atoms with van der Waals surface area (Å²) in [4.78, 5) is 30.2. The minimum absolute atomic E-state index is 0.134. The van der Waals surface area contributed by atoms with Crippen molar-refractivity contribution in [3.05, 3.63) is 82.5 Å². The van der Waals surface area contributed by atoms with Crippen LogP contribution < -0.4 is 20.3 Å². The lowest BCUT2D eigenvalue weighted by Gasteiger charge is -2.12. The molecule has 0 aliphatic rings. The lowest BCUT2D eigenvalue weighted by Crippen LogP contribution is -2.28. The summed E-state index contributed by atoms with van der Waals surface area (Å²) in [5, 5.41) is 3.91. The zero-order valence-corrected chi connectivity index (χ0v) is 19.8. The number of furan rings is 1. The maximum atomic E-state index is 13.1. The maximum Gasteiger partial charge on any atom is 0.262 e. The summed E-state index contributed by atoms with van der Waals surface area (Å²) in [6.07, 6.45) is 2.21. The van der Waals surface area contributed by atoms with E-state index in [-0.39, 0.29) is 23.8 Å². The molecule has 0 unspecified atom stereocenters. The first-order valence-corrected chi connectivity index (χ1v) is 11.7. The van der Waals surface area contributed by atoms with Gasteiger partial charge in [0.05, 0.1) is 43.7 Å². The van der Waals surface area contributed by atoms with Crippen LogP contribution in [0.2, 0.25) is 0 Å². The monoisotopic (exact) mass is 479 g/mol. The van der Waals surface area contributed by atoms with Crippen LogP contribution in [-0.2, 0) is 17.8 Å². The van der Waals surface area contributed by atoms with Gasteiger partial charge in [0, 0.05) is 6.54 Å². The van der Waals surface area contributed by atoms with E-state index in [2.05, 4.69) is 10.3 Å². The fourth-order valence-corrected chi connectivity index (χ4v) is 4.35. The van der Waals surface area contributed by atoms with Crippen molar-refractivity contribution in [2.75, 3.05) is 26.5 Å². The number of hydrogen-bond acceptors (Lipinski definition) is 7. The second kappa shape index (κ2) is 10.9. The predicted octanol–water partition coefficient (Wildman–Crippen LogP) is 3.51. The molecule has 2 heterocycles. The molecule has 0 radical (unpaired) electrons. The zero-order chi connectivity index (χ0) is 23.9. The summed E-state index contributed by atoms with van der Waals surface area (Å²) in [6, 6.07) is 16.4. The van der Waals surface area contributed by atoms with Gasteiger partial charge in [0.25, 0.3) is 5.56 Å². The van der Waals surface area contributed by atoms with E-state index < -0.39 is 0 Å². The van der Waals surface area contributed by atoms with Gasteiger partial charge in [-0.05, 0) is 48.4 Å². The van der Waals surface area contributed by atoms with Crippen molar-refractivity contribution >= 4 is 28.6 Å². The molecule has 8 nitrogen and oxygen atoms in total. The number of nitrogens with one attached hydrogen (secondary N) is 1. The molecule has 1 amide bonds. The standard InChI is InChI=1S/C25H25N3O5S/c1-31-21-10-9-17(14-22(21)32-2)11-12-26-23(29)16-34-25-27-20-8-4-3-7-19(20)24(30)28(25)15-18-6-5-13-33-18/h3-10,13-14H,11-12,15-16H2,1-2H3,(H,26,29). The average Bonchev–Trinajstić information content (AvgIpc) is 3.38. The number of carbonyl (C=O) groups excluding carboxylic acids is 1. The summed E-state index contributed by atoms with van der Waals surface area (Å²) in [5.74, 6) is 1.95. The average molecular weight is 480 g/mol. The van der Waals surface area contributed by atoms with E-state index in [0.717, 1.165) is 5.56 Å². The number of methoxy groups -OCH3 is 2. The van der Waals surface area contributed by atoms with E-state index in [9.17, 15) is 9.59 Å². The molecule has 4 aromatic rings. The molecule has 2 aromatic heterocycles. The minimum Gasteiger partial charge on any atom is -0.493 e. The Hall–Kier alpha value is -3.72. The van der Waals surface area contributed by atoms with Crippen molar-refractivity contribution in [2.24, 2.45) is 0 Å². The van der Waals surface area contributed by atoms with Crippen LogP contribution in [-0.4, -0.2) is 42.0 Å². The molecule has 0 atom stereocenters. The highest BCUT2D eigenvalue weighted by atomic mass is 32.2. The van der Waals surface area contributed by atoms with Gasteiger partial charge in [-0.2, -0.15) is 0 Å². The predicted molar refractivity (Wildman–Crippen MR) is 131 cm³/mol. The second-order valence-corrected chi connectivity index (χ2v) is 8.40. The molecule has 2 aromatic carbocycles. The highest BCUT2D eigenvalue weighted by molar-refractivity contribution is 7.99. The SMILES string of the molecule is COc1ccc(CCNC(=O)CSc2nc3ccccc3c(=O)n2Cc2ccco2)cc1OC. The highest BCUT2D eigenvalue weighted by Crippen LogP contribution is 2.27. The number of nitrogens with zero attached hydrogens (tertiary/aromatic N) is 2. The van der Waals surface area contributed by atoms with Gasteiger partial charge in [-0.25, -0.2) is 4.98 Å². The number of aromatic nitrogens is 2. The van der Waals surface area contributed by atoms with Crippen LogP contribution in [0.5, 0.6) is 11.5 Å². The number of fused-ring (bicyclic) bond motifs is 1. The van der Waals surface area contributed by atoms with E-state index in [0.29, 0.717) is 46.3 Å². The van der Waals surface area contributed by atoms with Gasteiger partial charge in [-0.15, -0.1) is 0 Å². The first-order chi connectivity index (χ1) is 16.6. The number of ether oxygens (including phenoxy) is 2. The van der Waals surface area contributed by atoms with Crippen molar-refractivity contribution in [2.45, 2.75) is 18.1 Å². The number of benzene rings is 2. The first kappa shape index (κ1) is 23.4. The third-order valence-corrected chi connectivity index (χ3v) is 6.21. The normalized spacial score (nSPS) is 10.9. The summed E-state index contributed by atoms with van der Waals surface area (Å²) in [5.41, 5.74) is 1.45. The largest absolute Gasteiger partial charge is 0.493 e. The topological polar surface area (TPSA) is 95.6 Å². The summed E-state index contributed by atoms with van der Waals surface area (Å²) in [7, 11) is 3.18. The van der Waals surface area contributed by atoms with Crippen molar-refractivity contribution in [1.29, 1.82) is 0 Å². The molecule has 0 bridgehead atoms. The van der Waals surface area contributed by atoms with Gasteiger partial charge in [0.1, 0.15) is 5.76 Å². The Labute approximate surface area is 200 Å². The lowest BCUT2D eigenvalue weighted by molar-refractivity contribution is -0.118. The van der Waals surface area contributed by atoms with Crippen molar-refractivity contribution < 1.29 is 18.7 Å². The first-order valence-electron chi connectivity index (χ1n) is 10.7. The van der Waals surface area contributed by atoms with Crippen LogP contribution in [0, 0.1) is 0 Å². The van der Waals surface area contributed by atoms with Gasteiger partial charge in [-0.1, -0.05) is 30.0 Å². The Kier molecular flexibility index (Phi) is 7.54. The number of hydrogen-bond donors (Lipinski definition) is 1. The molecule has 9 heteroatoms. The van der Waals surface area contributed by atoms with Crippen molar-refractivity contribution in [3.63, 3.8) is 0 Å². The van der Waals surface area contributed by atoms with Crippen LogP contribution in [0.3, 0.4) is 0 Å². The summed E-state index contributed by atoms with van der Waals surface area (Å²) < 4.78 is 17.5. The van der Waals surface area contributed by atoms with Crippen LogP contribution in [0.1, 0.15) is 11.3 Å². The van der Waals surface area contributed by atoms with Crippen LogP contribution in [0.4, 0.5) is 0 Å². The minimum atomic E-state index is -0.168. The third kappa shape index (κ3) is 5.43. The molecular formula is C25H25N3O5S. The quantitative estimate of drug-likeness (QED) is 0.275. The maximum absolute atomic E-state index is 13.1. The molecule has 1 N–H and O–H groups in total. The van der Waals surface area contributed by atoms with Gasteiger partial charge < -0.3 is 19.2 Å². The van der Waals surface area contributed by atoms with Crippen LogP contribution in [0.15, 0.2) is 75.2 Å². The van der Waals surface area contributed by atoms with Gasteiger partial charge >= 0.3 is 0 Å². The highest BCUT2D eigenvalue weighted by Gasteiger charge is 2.14. The van der Waals surface area contributed by atoms with E-state index in [1.807, 2.05) is 24.3 Å². The van der Waals surface area contributed by atoms with Crippen LogP contribution >= 0.6 is 11.8 Å². The summed E-state index contributed by atoms with van der Waals surface area (Å²) >= 11 is 1.22. The van der Waals surface area contributed by atoms with Gasteiger partial charge in [0.2, 0.25) is 5.91 Å². The molecule has 0 aliphatic carbocycles. The number of rotatable bonds is 10. The Bertz CT molecular complexity index is 1330. The number of para-hydroxylation sites is 1. The van der Waals surface area contributed by atoms with E-state index >= 15 is 0 Å². The lowest BCUT2D eigenvalue weighted by atomic mass is 10.1. The number of amides is 1. The fourth-order valence-electron chi connectivity index (χ4n) is 3.52. The molecule has 0 saturated heterocycles. The smallest absolute Gasteiger partial charge is 0.262 e. The van der Waals surface area contributed by atoms with Crippen molar-refractivity contribution in [3.8, 4) is 11.5 Å². The molecular weight excluding hydrogens is 454 g/mol. The molecule has 0 saturated carbocycles. The van der Waals surface area contributed by atoms with Crippen molar-refractivity contribution in [1.82, 2.24) is 14.9 Å². The summed E-state index contributed by atoms with van der Waals surface area (Å²) in [6.45, 7) is 0.714. The molecule has 176 valence electrons. The Morgan fingerprint density at radius 3 is 2.68 bits per heavy atom. The Balaban J connectivity index is 1.41.